The Kier molecular flexibility index (Phi) is 6.31. The monoisotopic (exact) mass is 441 g/mol. The molecule has 0 bridgehead atoms. The molecule has 7 nitrogen and oxygen atoms in total. The van der Waals surface area contributed by atoms with Crippen molar-refractivity contribution in [2.24, 2.45) is 0 Å². The zero-order valence-electron chi connectivity index (χ0n) is 17.4. The van der Waals surface area contributed by atoms with Crippen molar-refractivity contribution >= 4 is 28.4 Å². The van der Waals surface area contributed by atoms with Crippen molar-refractivity contribution in [2.75, 3.05) is 37.0 Å². The van der Waals surface area contributed by atoms with E-state index in [2.05, 4.69) is 19.6 Å². The second-order valence-electron chi connectivity index (χ2n) is 7.45. The van der Waals surface area contributed by atoms with Crippen LogP contribution in [-0.4, -0.2) is 53.1 Å². The first-order valence-corrected chi connectivity index (χ1v) is 10.8. The van der Waals surface area contributed by atoms with E-state index in [1.54, 1.807) is 25.3 Å². The summed E-state index contributed by atoms with van der Waals surface area (Å²) in [6.45, 7) is 3.97. The van der Waals surface area contributed by atoms with Gasteiger partial charge in [-0.2, -0.15) is 4.37 Å². The molecule has 3 aromatic rings. The van der Waals surface area contributed by atoms with Gasteiger partial charge in [0, 0.05) is 55.4 Å². The summed E-state index contributed by atoms with van der Waals surface area (Å²) in [5, 5.41) is 3.79. The zero-order valence-corrected chi connectivity index (χ0v) is 18.2. The average Bonchev–Trinajstić information content (AvgIpc) is 3.24. The van der Waals surface area contributed by atoms with Crippen molar-refractivity contribution in [1.29, 1.82) is 0 Å². The number of hydrogen-bond donors (Lipinski definition) is 1. The Hall–Kier alpha value is -3.20. The van der Waals surface area contributed by atoms with E-state index in [4.69, 9.17) is 4.74 Å². The summed E-state index contributed by atoms with van der Waals surface area (Å²) < 4.78 is 22.7. The molecular weight excluding hydrogens is 417 g/mol. The Bertz CT molecular complexity index is 1040. The maximum Gasteiger partial charge on any atom is 0.322 e. The number of anilines is 2. The first-order valence-electron chi connectivity index (χ1n) is 10.1. The van der Waals surface area contributed by atoms with Crippen LogP contribution in [0.5, 0.6) is 5.75 Å². The van der Waals surface area contributed by atoms with Crippen LogP contribution >= 0.6 is 11.5 Å². The third kappa shape index (κ3) is 5.11. The maximum atomic E-state index is 13.1. The minimum Gasteiger partial charge on any atom is -0.497 e. The zero-order chi connectivity index (χ0) is 21.8. The van der Waals surface area contributed by atoms with Crippen LogP contribution in [0, 0.1) is 5.82 Å². The summed E-state index contributed by atoms with van der Waals surface area (Å²) in [5.41, 5.74) is 1.67. The first kappa shape index (κ1) is 21.0. The normalized spacial score (nSPS) is 16.3. The van der Waals surface area contributed by atoms with Gasteiger partial charge >= 0.3 is 6.03 Å². The van der Waals surface area contributed by atoms with E-state index >= 15 is 0 Å². The van der Waals surface area contributed by atoms with Gasteiger partial charge in [-0.15, -0.1) is 0 Å². The predicted molar refractivity (Wildman–Crippen MR) is 120 cm³/mol. The van der Waals surface area contributed by atoms with Crippen molar-refractivity contribution in [3.63, 3.8) is 0 Å². The number of piperazine rings is 1. The van der Waals surface area contributed by atoms with Gasteiger partial charge in [-0.05, 0) is 36.8 Å². The van der Waals surface area contributed by atoms with Crippen LogP contribution in [0.3, 0.4) is 0 Å². The van der Waals surface area contributed by atoms with E-state index < -0.39 is 0 Å². The highest BCUT2D eigenvalue weighted by atomic mass is 32.1. The number of rotatable bonds is 5. The van der Waals surface area contributed by atoms with Gasteiger partial charge in [0.2, 0.25) is 5.13 Å². The molecule has 0 aliphatic carbocycles. The van der Waals surface area contributed by atoms with Gasteiger partial charge in [0.25, 0.3) is 0 Å². The summed E-state index contributed by atoms with van der Waals surface area (Å²) >= 11 is 1.35. The van der Waals surface area contributed by atoms with Crippen molar-refractivity contribution in [3.8, 4) is 5.75 Å². The van der Waals surface area contributed by atoms with Crippen LogP contribution in [0.15, 0.2) is 48.5 Å². The van der Waals surface area contributed by atoms with Gasteiger partial charge in [-0.25, -0.2) is 14.2 Å². The lowest BCUT2D eigenvalue weighted by Gasteiger charge is -2.39. The summed E-state index contributed by atoms with van der Waals surface area (Å²) in [5.74, 6) is 1.17. The van der Waals surface area contributed by atoms with Gasteiger partial charge in [0.15, 0.2) is 0 Å². The second kappa shape index (κ2) is 9.30. The molecule has 9 heteroatoms. The molecule has 4 rings (SSSR count). The van der Waals surface area contributed by atoms with Crippen molar-refractivity contribution in [1.82, 2.24) is 14.3 Å². The van der Waals surface area contributed by atoms with E-state index in [-0.39, 0.29) is 17.9 Å². The lowest BCUT2D eigenvalue weighted by atomic mass is 10.1. The molecule has 162 valence electrons. The number of aromatic nitrogens is 2. The highest BCUT2D eigenvalue weighted by Crippen LogP contribution is 2.23. The topological polar surface area (TPSA) is 70.6 Å². The Morgan fingerprint density at radius 2 is 2.06 bits per heavy atom. The number of halogens is 1. The third-order valence-electron chi connectivity index (χ3n) is 5.21. The van der Waals surface area contributed by atoms with Crippen LogP contribution in [-0.2, 0) is 6.42 Å². The van der Waals surface area contributed by atoms with Crippen LogP contribution in [0.25, 0.3) is 0 Å². The fraction of sp³-hybridized carbons (Fsp3) is 0.318. The highest BCUT2D eigenvalue weighted by molar-refractivity contribution is 7.09. The fourth-order valence-electron chi connectivity index (χ4n) is 3.56. The van der Waals surface area contributed by atoms with Crippen LogP contribution in [0.1, 0.15) is 18.3 Å². The largest absolute Gasteiger partial charge is 0.497 e. The van der Waals surface area contributed by atoms with Gasteiger partial charge in [0.1, 0.15) is 17.4 Å². The Balaban J connectivity index is 1.35. The van der Waals surface area contributed by atoms with E-state index in [1.165, 1.54) is 23.7 Å². The highest BCUT2D eigenvalue weighted by Gasteiger charge is 2.29. The van der Waals surface area contributed by atoms with Crippen LogP contribution in [0.4, 0.5) is 20.0 Å². The number of benzene rings is 2. The molecule has 2 heterocycles. The molecule has 1 atom stereocenters. The number of nitrogens with one attached hydrogen (secondary N) is 1. The first-order chi connectivity index (χ1) is 15.0. The van der Waals surface area contributed by atoms with Crippen LogP contribution < -0.4 is 15.0 Å². The lowest BCUT2D eigenvalue weighted by Crippen LogP contribution is -2.55. The summed E-state index contributed by atoms with van der Waals surface area (Å²) in [6, 6.07) is 13.6. The van der Waals surface area contributed by atoms with Gasteiger partial charge in [0.05, 0.1) is 7.11 Å². The van der Waals surface area contributed by atoms with Gasteiger partial charge in [-0.1, -0.05) is 18.2 Å². The smallest absolute Gasteiger partial charge is 0.322 e. The molecule has 1 aliphatic heterocycles. The Morgan fingerprint density at radius 1 is 1.26 bits per heavy atom. The molecule has 2 aromatic carbocycles. The average molecular weight is 442 g/mol. The molecule has 1 saturated heterocycles. The van der Waals surface area contributed by atoms with Gasteiger partial charge < -0.3 is 19.9 Å². The Morgan fingerprint density at radius 3 is 2.81 bits per heavy atom. The predicted octanol–water partition coefficient (Wildman–Crippen LogP) is 4.02. The number of methoxy groups -OCH3 is 1. The van der Waals surface area contributed by atoms with Crippen LogP contribution in [0.2, 0.25) is 0 Å². The van der Waals surface area contributed by atoms with Gasteiger partial charge in [-0.3, -0.25) is 0 Å². The molecule has 31 heavy (non-hydrogen) atoms. The molecule has 1 aromatic heterocycles. The molecule has 1 fully saturated rings. The quantitative estimate of drug-likeness (QED) is 0.648. The minimum atomic E-state index is -0.252. The van der Waals surface area contributed by atoms with Crippen molar-refractivity contribution in [2.45, 2.75) is 19.4 Å². The maximum absolute atomic E-state index is 13.1. The Labute approximate surface area is 184 Å². The molecule has 1 unspecified atom stereocenters. The summed E-state index contributed by atoms with van der Waals surface area (Å²) in [7, 11) is 1.60. The minimum absolute atomic E-state index is 0.0174. The molecular formula is C22H24FN5O2S. The standard InChI is InChI=1S/C22H24FN5O2S/c1-15-14-27(22-25-20(26-31-22)12-16-6-8-17(23)9-7-16)10-11-28(15)21(29)24-18-4-3-5-19(13-18)30-2/h3-9,13,15H,10-12,14H2,1-2H3,(H,24,29). The number of carbonyl (C=O) groups is 1. The number of ether oxygens (including phenoxy) is 1. The van der Waals surface area contributed by atoms with E-state index in [0.717, 1.165) is 16.5 Å². The van der Waals surface area contributed by atoms with E-state index in [0.29, 0.717) is 37.5 Å². The lowest BCUT2D eigenvalue weighted by molar-refractivity contribution is 0.185. The third-order valence-corrected chi connectivity index (χ3v) is 6.03. The number of carbonyl (C=O) groups excluding carboxylic acids is 1. The van der Waals surface area contributed by atoms with Crippen molar-refractivity contribution < 1.29 is 13.9 Å². The number of amides is 2. The number of hydrogen-bond acceptors (Lipinski definition) is 6. The van der Waals surface area contributed by atoms with Crippen molar-refractivity contribution in [3.05, 3.63) is 65.7 Å². The molecule has 0 saturated carbocycles. The summed E-state index contributed by atoms with van der Waals surface area (Å²) in [6.07, 6.45) is 0.565. The molecule has 1 aliphatic rings. The number of urea groups is 1. The molecule has 1 N–H and O–H groups in total. The fourth-order valence-corrected chi connectivity index (χ4v) is 4.28. The number of nitrogens with zero attached hydrogens (tertiary/aromatic N) is 4. The summed E-state index contributed by atoms with van der Waals surface area (Å²) in [4.78, 5) is 21.4. The van der Waals surface area contributed by atoms with E-state index in [9.17, 15) is 9.18 Å². The molecule has 0 radical (unpaired) electrons. The van der Waals surface area contributed by atoms with E-state index in [1.807, 2.05) is 30.0 Å². The molecule has 0 spiro atoms. The molecule has 2 amide bonds. The second-order valence-corrected chi connectivity index (χ2v) is 8.18. The SMILES string of the molecule is COc1cccc(NC(=O)N2CCN(c3nc(Cc4ccc(F)cc4)ns3)CC2C)c1.